The number of pyridine rings is 1. The predicted octanol–water partition coefficient (Wildman–Crippen LogP) is 1.95. The minimum Gasteiger partial charge on any atom is -0.479 e. The molecule has 0 radical (unpaired) electrons. The van der Waals surface area contributed by atoms with Gasteiger partial charge in [-0.15, -0.1) is 0 Å². The number of nitrogens with one attached hydrogen (secondary N) is 1. The predicted molar refractivity (Wildman–Crippen MR) is 88.4 cm³/mol. The number of carbonyl (C=O) groups is 2. The van der Waals surface area contributed by atoms with Crippen molar-refractivity contribution in [1.82, 2.24) is 9.88 Å². The first-order chi connectivity index (χ1) is 12.1. The molecule has 0 saturated carbocycles. The Morgan fingerprint density at radius 3 is 2.84 bits per heavy atom. The molecule has 0 spiro atoms. The number of aliphatic carboxylic acids is 1. The molecule has 1 atom stereocenters. The van der Waals surface area contributed by atoms with Crippen LogP contribution in [-0.2, 0) is 11.2 Å². The maximum Gasteiger partial charge on any atom is 0.331 e. The van der Waals surface area contributed by atoms with E-state index < -0.39 is 17.9 Å². The maximum atomic E-state index is 13.1. The second-order valence-corrected chi connectivity index (χ2v) is 5.88. The zero-order valence-corrected chi connectivity index (χ0v) is 13.1. The van der Waals surface area contributed by atoms with Crippen LogP contribution in [0.1, 0.15) is 27.7 Å². The van der Waals surface area contributed by atoms with Gasteiger partial charge >= 0.3 is 5.97 Å². The number of benzene rings is 1. The van der Waals surface area contributed by atoms with E-state index in [1.807, 2.05) is 0 Å². The largest absolute Gasteiger partial charge is 0.479 e. The number of aromatic amines is 1. The van der Waals surface area contributed by atoms with Gasteiger partial charge in [0.1, 0.15) is 5.76 Å². The highest BCUT2D eigenvalue weighted by molar-refractivity contribution is 6.06. The summed E-state index contributed by atoms with van der Waals surface area (Å²) in [6.45, 7) is 0.226. The molecule has 4 rings (SSSR count). The van der Waals surface area contributed by atoms with Crippen LogP contribution in [0.4, 0.5) is 0 Å². The van der Waals surface area contributed by atoms with Crippen molar-refractivity contribution in [3.05, 3.63) is 69.9 Å². The molecule has 3 aromatic rings. The number of carboxylic acid groups (broad SMARTS) is 1. The van der Waals surface area contributed by atoms with E-state index in [2.05, 4.69) is 4.98 Å². The molecule has 1 unspecified atom stereocenters. The first-order valence-corrected chi connectivity index (χ1v) is 7.78. The molecular formula is C18H14N2O5. The molecule has 0 fully saturated rings. The zero-order chi connectivity index (χ0) is 17.6. The Morgan fingerprint density at radius 1 is 1.20 bits per heavy atom. The van der Waals surface area contributed by atoms with Gasteiger partial charge in [0.25, 0.3) is 5.91 Å². The maximum absolute atomic E-state index is 13.1. The standard InChI is InChI=1S/C18H14N2O5/c21-14-5-4-10-2-1-3-12(15(10)19-14)17(22)20-8-6-13-11(7-9-25-13)16(20)18(23)24/h1-5,7,9,16H,6,8H2,(H,19,21)(H,23,24). The van der Waals surface area contributed by atoms with Crippen molar-refractivity contribution in [3.8, 4) is 0 Å². The Morgan fingerprint density at radius 2 is 2.04 bits per heavy atom. The SMILES string of the molecule is O=C(O)C1c2ccoc2CCN1C(=O)c1cccc2ccc(=O)[nH]c12. The number of nitrogens with zero attached hydrogens (tertiary/aromatic N) is 1. The van der Waals surface area contributed by atoms with Gasteiger partial charge < -0.3 is 19.4 Å². The minimum absolute atomic E-state index is 0.226. The number of hydrogen-bond donors (Lipinski definition) is 2. The van der Waals surface area contributed by atoms with E-state index in [9.17, 15) is 19.5 Å². The first kappa shape index (κ1) is 15.2. The van der Waals surface area contributed by atoms with Crippen LogP contribution in [-0.4, -0.2) is 33.4 Å². The Labute approximate surface area is 141 Å². The monoisotopic (exact) mass is 338 g/mol. The van der Waals surface area contributed by atoms with Crippen molar-refractivity contribution < 1.29 is 19.1 Å². The lowest BCUT2D eigenvalue weighted by Gasteiger charge is -2.32. The molecule has 1 aromatic carbocycles. The summed E-state index contributed by atoms with van der Waals surface area (Å²) in [5, 5.41) is 10.3. The zero-order valence-electron chi connectivity index (χ0n) is 13.1. The average molecular weight is 338 g/mol. The Bertz CT molecular complexity index is 1050. The lowest BCUT2D eigenvalue weighted by atomic mass is 9.98. The number of carbonyl (C=O) groups excluding carboxylic acids is 1. The first-order valence-electron chi connectivity index (χ1n) is 7.78. The van der Waals surface area contributed by atoms with Crippen LogP contribution in [0.25, 0.3) is 10.9 Å². The molecule has 3 heterocycles. The van der Waals surface area contributed by atoms with Gasteiger partial charge in [0, 0.05) is 24.6 Å². The molecule has 0 aliphatic carbocycles. The molecule has 7 heteroatoms. The summed E-state index contributed by atoms with van der Waals surface area (Å²) in [5.41, 5.74) is 0.842. The second kappa shape index (κ2) is 5.62. The highest BCUT2D eigenvalue weighted by Gasteiger charge is 2.38. The molecule has 1 amide bonds. The third-order valence-electron chi connectivity index (χ3n) is 4.45. The Hall–Kier alpha value is -3.35. The number of H-pyrrole nitrogens is 1. The highest BCUT2D eigenvalue weighted by atomic mass is 16.4. The average Bonchev–Trinajstić information content (AvgIpc) is 3.08. The number of carboxylic acids is 1. The molecular weight excluding hydrogens is 324 g/mol. The Kier molecular flexibility index (Phi) is 3.42. The van der Waals surface area contributed by atoms with Crippen molar-refractivity contribution in [2.45, 2.75) is 12.5 Å². The number of rotatable bonds is 2. The summed E-state index contributed by atoms with van der Waals surface area (Å²) in [5.74, 6) is -0.973. The van der Waals surface area contributed by atoms with Gasteiger partial charge in [-0.2, -0.15) is 0 Å². The van der Waals surface area contributed by atoms with E-state index in [4.69, 9.17) is 4.42 Å². The minimum atomic E-state index is -1.12. The molecule has 1 aliphatic rings. The van der Waals surface area contributed by atoms with Crippen LogP contribution >= 0.6 is 0 Å². The van der Waals surface area contributed by atoms with Crippen molar-refractivity contribution in [1.29, 1.82) is 0 Å². The van der Waals surface area contributed by atoms with Gasteiger partial charge in [0.15, 0.2) is 6.04 Å². The molecule has 25 heavy (non-hydrogen) atoms. The van der Waals surface area contributed by atoms with Gasteiger partial charge in [0.2, 0.25) is 5.56 Å². The quantitative estimate of drug-likeness (QED) is 0.743. The van der Waals surface area contributed by atoms with Crippen molar-refractivity contribution >= 4 is 22.8 Å². The third-order valence-corrected chi connectivity index (χ3v) is 4.45. The van der Waals surface area contributed by atoms with E-state index in [-0.39, 0.29) is 17.7 Å². The van der Waals surface area contributed by atoms with Gasteiger partial charge in [-0.3, -0.25) is 9.59 Å². The van der Waals surface area contributed by atoms with Crippen molar-refractivity contribution in [2.75, 3.05) is 6.54 Å². The summed E-state index contributed by atoms with van der Waals surface area (Å²) in [4.78, 5) is 40.5. The lowest BCUT2D eigenvalue weighted by molar-refractivity contribution is -0.143. The smallest absolute Gasteiger partial charge is 0.331 e. The van der Waals surface area contributed by atoms with Crippen molar-refractivity contribution in [3.63, 3.8) is 0 Å². The van der Waals surface area contributed by atoms with Crippen molar-refractivity contribution in [2.24, 2.45) is 0 Å². The Balaban J connectivity index is 1.83. The lowest BCUT2D eigenvalue weighted by Crippen LogP contribution is -2.43. The molecule has 7 nitrogen and oxygen atoms in total. The van der Waals surface area contributed by atoms with Crippen LogP contribution in [0.5, 0.6) is 0 Å². The van der Waals surface area contributed by atoms with E-state index in [0.717, 1.165) is 0 Å². The van der Waals surface area contributed by atoms with E-state index in [1.165, 1.54) is 17.2 Å². The molecule has 126 valence electrons. The molecule has 1 aliphatic heterocycles. The van der Waals surface area contributed by atoms with Crippen LogP contribution in [0.3, 0.4) is 0 Å². The summed E-state index contributed by atoms with van der Waals surface area (Å²) in [7, 11) is 0. The summed E-state index contributed by atoms with van der Waals surface area (Å²) in [6.07, 6.45) is 1.88. The fourth-order valence-corrected chi connectivity index (χ4v) is 3.31. The number of para-hydroxylation sites is 1. The van der Waals surface area contributed by atoms with Crippen LogP contribution in [0, 0.1) is 0 Å². The number of amides is 1. The van der Waals surface area contributed by atoms with Gasteiger partial charge in [0.05, 0.1) is 17.3 Å². The summed E-state index contributed by atoms with van der Waals surface area (Å²) < 4.78 is 5.31. The van der Waals surface area contributed by atoms with Gasteiger partial charge in [-0.05, 0) is 23.6 Å². The number of aromatic nitrogens is 1. The molecule has 0 saturated heterocycles. The summed E-state index contributed by atoms with van der Waals surface area (Å²) >= 11 is 0. The number of hydrogen-bond acceptors (Lipinski definition) is 4. The molecule has 2 aromatic heterocycles. The number of fused-ring (bicyclic) bond motifs is 2. The normalized spacial score (nSPS) is 16.6. The third kappa shape index (κ3) is 2.40. The fourth-order valence-electron chi connectivity index (χ4n) is 3.31. The van der Waals surface area contributed by atoms with E-state index in [1.54, 1.807) is 30.3 Å². The fraction of sp³-hybridized carbons (Fsp3) is 0.167. The van der Waals surface area contributed by atoms with E-state index in [0.29, 0.717) is 28.6 Å². The van der Waals surface area contributed by atoms with Gasteiger partial charge in [-0.1, -0.05) is 12.1 Å². The number of furan rings is 1. The van der Waals surface area contributed by atoms with Crippen LogP contribution < -0.4 is 5.56 Å². The van der Waals surface area contributed by atoms with Crippen LogP contribution in [0.15, 0.2) is 51.9 Å². The summed E-state index contributed by atoms with van der Waals surface area (Å²) in [6, 6.07) is 8.56. The highest BCUT2D eigenvalue weighted by Crippen LogP contribution is 2.32. The topological polar surface area (TPSA) is 104 Å². The molecule has 0 bridgehead atoms. The second-order valence-electron chi connectivity index (χ2n) is 5.88. The van der Waals surface area contributed by atoms with E-state index >= 15 is 0 Å². The molecule has 2 N–H and O–H groups in total. The van der Waals surface area contributed by atoms with Crippen LogP contribution in [0.2, 0.25) is 0 Å². The van der Waals surface area contributed by atoms with Gasteiger partial charge in [-0.25, -0.2) is 4.79 Å².